The zero-order valence-electron chi connectivity index (χ0n) is 13.2. The van der Waals surface area contributed by atoms with Crippen molar-refractivity contribution >= 4 is 5.91 Å². The second kappa shape index (κ2) is 6.31. The maximum absolute atomic E-state index is 12.7. The number of benzene rings is 1. The van der Waals surface area contributed by atoms with Crippen LogP contribution in [0.5, 0.6) is 0 Å². The highest BCUT2D eigenvalue weighted by Crippen LogP contribution is 2.26. The van der Waals surface area contributed by atoms with Crippen molar-refractivity contribution < 1.29 is 9.21 Å². The SMILES string of the molecule is O=C(NC1CCCC1)c1nnn(-c2ccccc2)c1-c1ccco1. The number of rotatable bonds is 4. The molecule has 1 aliphatic carbocycles. The fraction of sp³-hybridized carbons (Fsp3) is 0.278. The molecule has 0 saturated heterocycles. The van der Waals surface area contributed by atoms with Crippen LogP contribution >= 0.6 is 0 Å². The van der Waals surface area contributed by atoms with Gasteiger partial charge < -0.3 is 9.73 Å². The van der Waals surface area contributed by atoms with Gasteiger partial charge in [-0.1, -0.05) is 36.3 Å². The van der Waals surface area contributed by atoms with E-state index in [-0.39, 0.29) is 11.9 Å². The summed E-state index contributed by atoms with van der Waals surface area (Å²) in [5, 5.41) is 11.4. The first kappa shape index (κ1) is 14.7. The van der Waals surface area contributed by atoms with E-state index in [4.69, 9.17) is 4.42 Å². The Morgan fingerprint density at radius 2 is 1.92 bits per heavy atom. The van der Waals surface area contributed by atoms with Gasteiger partial charge in [0.1, 0.15) is 5.69 Å². The number of amides is 1. The third-order valence-corrected chi connectivity index (χ3v) is 4.33. The Balaban J connectivity index is 1.74. The smallest absolute Gasteiger partial charge is 0.274 e. The largest absolute Gasteiger partial charge is 0.463 e. The molecule has 24 heavy (non-hydrogen) atoms. The lowest BCUT2D eigenvalue weighted by Gasteiger charge is -2.11. The molecule has 1 N–H and O–H groups in total. The minimum absolute atomic E-state index is 0.199. The minimum atomic E-state index is -0.199. The highest BCUT2D eigenvalue weighted by molar-refractivity contribution is 5.97. The summed E-state index contributed by atoms with van der Waals surface area (Å²) in [5.74, 6) is 0.371. The molecule has 0 bridgehead atoms. The van der Waals surface area contributed by atoms with E-state index >= 15 is 0 Å². The Morgan fingerprint density at radius 1 is 1.12 bits per heavy atom. The quantitative estimate of drug-likeness (QED) is 0.800. The molecule has 1 aromatic carbocycles. The zero-order chi connectivity index (χ0) is 16.4. The van der Waals surface area contributed by atoms with Crippen molar-refractivity contribution in [2.45, 2.75) is 31.7 Å². The molecular weight excluding hydrogens is 304 g/mol. The molecule has 3 aromatic rings. The Bertz CT molecular complexity index is 818. The van der Waals surface area contributed by atoms with Crippen molar-refractivity contribution in [2.24, 2.45) is 0 Å². The maximum atomic E-state index is 12.7. The van der Waals surface area contributed by atoms with Crippen molar-refractivity contribution in [1.29, 1.82) is 0 Å². The van der Waals surface area contributed by atoms with E-state index in [0.29, 0.717) is 17.1 Å². The first-order valence-corrected chi connectivity index (χ1v) is 8.19. The summed E-state index contributed by atoms with van der Waals surface area (Å²) >= 11 is 0. The van der Waals surface area contributed by atoms with Gasteiger partial charge in [0, 0.05) is 6.04 Å². The lowest BCUT2D eigenvalue weighted by Crippen LogP contribution is -2.33. The molecule has 6 heteroatoms. The molecule has 122 valence electrons. The molecule has 0 aliphatic heterocycles. The van der Waals surface area contributed by atoms with Crippen molar-refractivity contribution in [3.05, 3.63) is 54.4 Å². The molecule has 1 amide bonds. The van der Waals surface area contributed by atoms with Gasteiger partial charge in [0.05, 0.1) is 12.0 Å². The minimum Gasteiger partial charge on any atom is -0.463 e. The molecule has 2 heterocycles. The topological polar surface area (TPSA) is 73.0 Å². The average Bonchev–Trinajstić information content (AvgIpc) is 3.36. The van der Waals surface area contributed by atoms with Crippen LogP contribution in [0.3, 0.4) is 0 Å². The number of nitrogens with zero attached hydrogens (tertiary/aromatic N) is 3. The van der Waals surface area contributed by atoms with Gasteiger partial charge in [-0.2, -0.15) is 0 Å². The second-order valence-electron chi connectivity index (χ2n) is 5.97. The van der Waals surface area contributed by atoms with E-state index in [1.165, 1.54) is 0 Å². The highest BCUT2D eigenvalue weighted by atomic mass is 16.3. The second-order valence-corrected chi connectivity index (χ2v) is 5.97. The van der Waals surface area contributed by atoms with Gasteiger partial charge in [-0.3, -0.25) is 4.79 Å². The summed E-state index contributed by atoms with van der Waals surface area (Å²) in [4.78, 5) is 12.7. The Morgan fingerprint density at radius 3 is 2.62 bits per heavy atom. The average molecular weight is 322 g/mol. The van der Waals surface area contributed by atoms with E-state index in [2.05, 4.69) is 15.6 Å². The number of nitrogens with one attached hydrogen (secondary N) is 1. The van der Waals surface area contributed by atoms with Gasteiger partial charge in [-0.15, -0.1) is 5.10 Å². The van der Waals surface area contributed by atoms with Crippen LogP contribution < -0.4 is 5.32 Å². The molecular formula is C18H18N4O2. The summed E-state index contributed by atoms with van der Waals surface area (Å²) in [5.41, 5.74) is 1.69. The Kier molecular flexibility index (Phi) is 3.86. The predicted octanol–water partition coefficient (Wildman–Crippen LogP) is 3.20. The van der Waals surface area contributed by atoms with E-state index < -0.39 is 0 Å². The molecule has 6 nitrogen and oxygen atoms in total. The number of carbonyl (C=O) groups is 1. The zero-order valence-corrected chi connectivity index (χ0v) is 13.2. The first-order chi connectivity index (χ1) is 11.8. The van der Waals surface area contributed by atoms with Gasteiger partial charge in [-0.25, -0.2) is 4.68 Å². The maximum Gasteiger partial charge on any atom is 0.274 e. The van der Waals surface area contributed by atoms with Crippen LogP contribution in [0.25, 0.3) is 17.1 Å². The van der Waals surface area contributed by atoms with Crippen LogP contribution in [0.15, 0.2) is 53.1 Å². The van der Waals surface area contributed by atoms with Gasteiger partial charge in [-0.05, 0) is 37.1 Å². The third-order valence-electron chi connectivity index (χ3n) is 4.33. The molecule has 0 atom stereocenters. The Labute approximate surface area is 139 Å². The van der Waals surface area contributed by atoms with Crippen LogP contribution in [0, 0.1) is 0 Å². The van der Waals surface area contributed by atoms with E-state index in [0.717, 1.165) is 31.4 Å². The van der Waals surface area contributed by atoms with Gasteiger partial charge in [0.25, 0.3) is 5.91 Å². The highest BCUT2D eigenvalue weighted by Gasteiger charge is 2.26. The van der Waals surface area contributed by atoms with Crippen LogP contribution in [0.1, 0.15) is 36.2 Å². The number of hydrogen-bond donors (Lipinski definition) is 1. The van der Waals surface area contributed by atoms with Gasteiger partial charge >= 0.3 is 0 Å². The lowest BCUT2D eigenvalue weighted by molar-refractivity contribution is 0.0933. The van der Waals surface area contributed by atoms with Gasteiger partial charge in [0.2, 0.25) is 0 Å². The molecule has 0 radical (unpaired) electrons. The number of para-hydroxylation sites is 1. The normalized spacial score (nSPS) is 14.8. The number of aromatic nitrogens is 3. The number of furan rings is 1. The summed E-state index contributed by atoms with van der Waals surface area (Å²) < 4.78 is 7.16. The summed E-state index contributed by atoms with van der Waals surface area (Å²) in [6.07, 6.45) is 5.94. The molecule has 1 saturated carbocycles. The van der Waals surface area contributed by atoms with E-state index in [1.807, 2.05) is 36.4 Å². The molecule has 1 fully saturated rings. The van der Waals surface area contributed by atoms with Crippen LogP contribution in [-0.4, -0.2) is 26.9 Å². The van der Waals surface area contributed by atoms with Crippen molar-refractivity contribution in [3.8, 4) is 17.1 Å². The molecule has 2 aromatic heterocycles. The van der Waals surface area contributed by atoms with Crippen LogP contribution in [0.4, 0.5) is 0 Å². The van der Waals surface area contributed by atoms with E-state index in [9.17, 15) is 4.79 Å². The number of carbonyl (C=O) groups excluding carboxylic acids is 1. The fourth-order valence-electron chi connectivity index (χ4n) is 3.14. The van der Waals surface area contributed by atoms with Crippen LogP contribution in [-0.2, 0) is 0 Å². The van der Waals surface area contributed by atoms with Gasteiger partial charge in [0.15, 0.2) is 11.5 Å². The summed E-state index contributed by atoms with van der Waals surface area (Å²) in [6, 6.07) is 13.4. The Hall–Kier alpha value is -2.89. The number of hydrogen-bond acceptors (Lipinski definition) is 4. The third kappa shape index (κ3) is 2.71. The van der Waals surface area contributed by atoms with E-state index in [1.54, 1.807) is 17.0 Å². The fourth-order valence-corrected chi connectivity index (χ4v) is 3.14. The van der Waals surface area contributed by atoms with Crippen LogP contribution in [0.2, 0.25) is 0 Å². The van der Waals surface area contributed by atoms with Crippen molar-refractivity contribution in [2.75, 3.05) is 0 Å². The monoisotopic (exact) mass is 322 g/mol. The summed E-state index contributed by atoms with van der Waals surface area (Å²) in [7, 11) is 0. The van der Waals surface area contributed by atoms with Crippen molar-refractivity contribution in [1.82, 2.24) is 20.3 Å². The molecule has 0 unspecified atom stereocenters. The first-order valence-electron chi connectivity index (χ1n) is 8.19. The molecule has 4 rings (SSSR count). The summed E-state index contributed by atoms with van der Waals surface area (Å²) in [6.45, 7) is 0. The molecule has 1 aliphatic rings. The van der Waals surface area contributed by atoms with Crippen molar-refractivity contribution in [3.63, 3.8) is 0 Å². The molecule has 0 spiro atoms. The lowest BCUT2D eigenvalue weighted by atomic mass is 10.2. The predicted molar refractivity (Wildman–Crippen MR) is 88.8 cm³/mol. The standard InChI is InChI=1S/C18H18N4O2/c23-18(19-13-7-4-5-8-13)16-17(15-11-6-12-24-15)22(21-20-16)14-9-2-1-3-10-14/h1-3,6,9-13H,4-5,7-8H2,(H,19,23).